The van der Waals surface area contributed by atoms with Crippen molar-refractivity contribution in [1.29, 1.82) is 0 Å². The summed E-state index contributed by atoms with van der Waals surface area (Å²) < 4.78 is 0. The maximum absolute atomic E-state index is 13.9. The van der Waals surface area contributed by atoms with E-state index in [2.05, 4.69) is 48.0 Å². The Hall–Kier alpha value is -2.41. The Morgan fingerprint density at radius 1 is 0.972 bits per heavy atom. The van der Waals surface area contributed by atoms with Crippen LogP contribution in [-0.2, 0) is 20.8 Å². The van der Waals surface area contributed by atoms with Gasteiger partial charge in [-0.2, -0.15) is 0 Å². The summed E-state index contributed by atoms with van der Waals surface area (Å²) in [5, 5.41) is 9.38. The lowest BCUT2D eigenvalue weighted by molar-refractivity contribution is -0.143. The summed E-state index contributed by atoms with van der Waals surface area (Å²) in [4.78, 5) is 42.1. The van der Waals surface area contributed by atoms with Crippen LogP contribution in [0.1, 0.15) is 82.9 Å². The molecule has 3 N–H and O–H groups in total. The summed E-state index contributed by atoms with van der Waals surface area (Å²) in [5.74, 6) is 0.576. The van der Waals surface area contributed by atoms with Crippen molar-refractivity contribution < 1.29 is 14.4 Å². The van der Waals surface area contributed by atoms with E-state index in [1.165, 1.54) is 17.5 Å². The van der Waals surface area contributed by atoms with Gasteiger partial charge in [-0.3, -0.25) is 14.4 Å². The number of nitrogens with one attached hydrogen (secondary N) is 3. The van der Waals surface area contributed by atoms with Crippen LogP contribution in [0.4, 0.5) is 0 Å². The number of fused-ring (bicyclic) bond motifs is 1. The molecule has 2 aliphatic carbocycles. The molecule has 0 radical (unpaired) electrons. The predicted molar refractivity (Wildman–Crippen MR) is 141 cm³/mol. The summed E-state index contributed by atoms with van der Waals surface area (Å²) in [5.41, 5.74) is 2.51. The Labute approximate surface area is 216 Å². The first-order chi connectivity index (χ1) is 17.3. The molecule has 1 aliphatic heterocycles. The Morgan fingerprint density at radius 2 is 1.69 bits per heavy atom. The average molecular weight is 497 g/mol. The molecule has 0 unspecified atom stereocenters. The van der Waals surface area contributed by atoms with Crippen molar-refractivity contribution >= 4 is 17.7 Å². The Bertz CT molecular complexity index is 942. The van der Waals surface area contributed by atoms with E-state index in [9.17, 15) is 14.4 Å². The molecule has 3 aliphatic rings. The van der Waals surface area contributed by atoms with Crippen molar-refractivity contribution in [2.24, 2.45) is 17.8 Å². The van der Waals surface area contributed by atoms with Gasteiger partial charge in [0.15, 0.2) is 0 Å². The van der Waals surface area contributed by atoms with Gasteiger partial charge < -0.3 is 20.9 Å². The molecule has 4 rings (SSSR count). The highest BCUT2D eigenvalue weighted by molar-refractivity contribution is 5.93. The number of carbonyl (C=O) groups excluding carboxylic acids is 3. The molecular weight excluding hydrogens is 452 g/mol. The van der Waals surface area contributed by atoms with Crippen molar-refractivity contribution in [3.63, 3.8) is 0 Å². The third-order valence-electron chi connectivity index (χ3n) is 8.78. The maximum Gasteiger partial charge on any atom is 0.246 e. The molecule has 1 saturated heterocycles. The van der Waals surface area contributed by atoms with Gasteiger partial charge in [0.2, 0.25) is 17.7 Å². The SMILES string of the molecule is CN[C@@H](C)C(=O)N[C@H](C(=O)N1CCC[C@H]1C(=O)N[C@H]1c2ccccc2C[C@H]1C(C)C)C1CCCCC1. The van der Waals surface area contributed by atoms with Gasteiger partial charge in [-0.15, -0.1) is 0 Å². The number of likely N-dealkylation sites (N-methyl/N-ethyl adjacent to an activating group) is 1. The Kier molecular flexibility index (Phi) is 8.70. The number of carbonyl (C=O) groups is 3. The zero-order valence-electron chi connectivity index (χ0n) is 22.4. The molecule has 5 atom stereocenters. The molecule has 0 spiro atoms. The first-order valence-corrected chi connectivity index (χ1v) is 14.0. The molecule has 0 aromatic heterocycles. The highest BCUT2D eigenvalue weighted by Gasteiger charge is 2.43. The van der Waals surface area contributed by atoms with Crippen molar-refractivity contribution in [3.8, 4) is 0 Å². The number of hydrogen-bond acceptors (Lipinski definition) is 4. The van der Waals surface area contributed by atoms with Crippen LogP contribution in [0.2, 0.25) is 0 Å². The van der Waals surface area contributed by atoms with E-state index in [1.54, 1.807) is 18.9 Å². The normalized spacial score (nSPS) is 25.9. The molecule has 1 saturated carbocycles. The van der Waals surface area contributed by atoms with Gasteiger partial charge in [-0.1, -0.05) is 57.4 Å². The van der Waals surface area contributed by atoms with Crippen LogP contribution >= 0.6 is 0 Å². The summed E-state index contributed by atoms with van der Waals surface area (Å²) >= 11 is 0. The second kappa shape index (κ2) is 11.8. The fourth-order valence-electron chi connectivity index (χ4n) is 6.42. The van der Waals surface area contributed by atoms with Crippen LogP contribution in [0.5, 0.6) is 0 Å². The van der Waals surface area contributed by atoms with E-state index in [-0.39, 0.29) is 35.7 Å². The second-order valence-corrected chi connectivity index (χ2v) is 11.4. The number of likely N-dealkylation sites (tertiary alicyclic amines) is 1. The Balaban J connectivity index is 1.51. The largest absolute Gasteiger partial charge is 0.347 e. The van der Waals surface area contributed by atoms with E-state index in [0.717, 1.165) is 38.5 Å². The van der Waals surface area contributed by atoms with E-state index in [4.69, 9.17) is 0 Å². The molecule has 2 fully saturated rings. The van der Waals surface area contributed by atoms with Crippen molar-refractivity contribution in [1.82, 2.24) is 20.9 Å². The predicted octanol–water partition coefficient (Wildman–Crippen LogP) is 3.34. The summed E-state index contributed by atoms with van der Waals surface area (Å²) in [7, 11) is 1.74. The monoisotopic (exact) mass is 496 g/mol. The van der Waals surface area contributed by atoms with Gasteiger partial charge >= 0.3 is 0 Å². The quantitative estimate of drug-likeness (QED) is 0.515. The lowest BCUT2D eigenvalue weighted by Gasteiger charge is -2.35. The Morgan fingerprint density at radius 3 is 2.39 bits per heavy atom. The molecule has 1 heterocycles. The summed E-state index contributed by atoms with van der Waals surface area (Å²) in [6.07, 6.45) is 7.63. The van der Waals surface area contributed by atoms with Crippen LogP contribution in [0.25, 0.3) is 0 Å². The van der Waals surface area contributed by atoms with Gasteiger partial charge in [0.1, 0.15) is 12.1 Å². The average Bonchev–Trinajstić information content (AvgIpc) is 3.52. The third kappa shape index (κ3) is 5.61. The van der Waals surface area contributed by atoms with E-state index in [1.807, 2.05) is 6.07 Å². The zero-order valence-corrected chi connectivity index (χ0v) is 22.4. The first kappa shape index (κ1) is 26.6. The highest BCUT2D eigenvalue weighted by atomic mass is 16.2. The highest BCUT2D eigenvalue weighted by Crippen LogP contribution is 2.40. The molecule has 0 bridgehead atoms. The zero-order chi connectivity index (χ0) is 25.8. The topological polar surface area (TPSA) is 90.5 Å². The van der Waals surface area contributed by atoms with Gasteiger partial charge in [0.25, 0.3) is 0 Å². The molecule has 1 aromatic rings. The molecule has 198 valence electrons. The fraction of sp³-hybridized carbons (Fsp3) is 0.690. The molecular formula is C29H44N4O3. The van der Waals surface area contributed by atoms with Gasteiger partial charge in [-0.05, 0) is 75.0 Å². The van der Waals surface area contributed by atoms with Gasteiger partial charge in [-0.25, -0.2) is 0 Å². The van der Waals surface area contributed by atoms with Gasteiger partial charge in [0.05, 0.1) is 12.1 Å². The molecule has 7 heteroatoms. The molecule has 1 aromatic carbocycles. The minimum atomic E-state index is -0.572. The van der Waals surface area contributed by atoms with Crippen molar-refractivity contribution in [2.75, 3.05) is 13.6 Å². The minimum absolute atomic E-state index is 0.0309. The van der Waals surface area contributed by atoms with Crippen molar-refractivity contribution in [2.45, 2.75) is 96.3 Å². The lowest BCUT2D eigenvalue weighted by Crippen LogP contribution is -2.58. The smallest absolute Gasteiger partial charge is 0.246 e. The number of nitrogens with zero attached hydrogens (tertiary/aromatic N) is 1. The standard InChI is InChI=1S/C29H44N4O3/c1-18(2)23-17-21-13-8-9-14-22(21)26(23)32-28(35)24-15-10-16-33(24)29(36)25(20-11-6-5-7-12-20)31-27(34)19(3)30-4/h8-9,13-14,18-20,23-26,30H,5-7,10-12,15-17H2,1-4H3,(H,31,34)(H,32,35)/t19-,23-,24-,25-,26-/m0/s1. The number of amides is 3. The lowest BCUT2D eigenvalue weighted by atomic mass is 9.83. The van der Waals surface area contributed by atoms with E-state index in [0.29, 0.717) is 24.8 Å². The van der Waals surface area contributed by atoms with Crippen LogP contribution < -0.4 is 16.0 Å². The van der Waals surface area contributed by atoms with E-state index >= 15 is 0 Å². The van der Waals surface area contributed by atoms with Gasteiger partial charge in [0, 0.05) is 6.54 Å². The van der Waals surface area contributed by atoms with Crippen LogP contribution in [0, 0.1) is 17.8 Å². The van der Waals surface area contributed by atoms with Crippen LogP contribution in [0.15, 0.2) is 24.3 Å². The number of rotatable bonds is 8. The number of hydrogen-bond donors (Lipinski definition) is 3. The molecule has 3 amide bonds. The summed E-state index contributed by atoms with van der Waals surface area (Å²) in [6, 6.07) is 6.92. The fourth-order valence-corrected chi connectivity index (χ4v) is 6.42. The minimum Gasteiger partial charge on any atom is -0.347 e. The van der Waals surface area contributed by atoms with Crippen LogP contribution in [-0.4, -0.2) is 54.3 Å². The van der Waals surface area contributed by atoms with Crippen LogP contribution in [0.3, 0.4) is 0 Å². The maximum atomic E-state index is 13.9. The first-order valence-electron chi connectivity index (χ1n) is 14.0. The van der Waals surface area contributed by atoms with E-state index < -0.39 is 12.1 Å². The molecule has 7 nitrogen and oxygen atoms in total. The molecule has 36 heavy (non-hydrogen) atoms. The summed E-state index contributed by atoms with van der Waals surface area (Å²) in [6.45, 7) is 6.79. The van der Waals surface area contributed by atoms with Crippen molar-refractivity contribution in [3.05, 3.63) is 35.4 Å². The third-order valence-corrected chi connectivity index (χ3v) is 8.78. The number of benzene rings is 1. The second-order valence-electron chi connectivity index (χ2n) is 11.4.